The van der Waals surface area contributed by atoms with Crippen LogP contribution in [0.25, 0.3) is 0 Å². The number of methoxy groups -OCH3 is 1. The van der Waals surface area contributed by atoms with Crippen molar-refractivity contribution in [3.63, 3.8) is 0 Å². The molecule has 1 aromatic rings. The predicted octanol–water partition coefficient (Wildman–Crippen LogP) is 3.38. The lowest BCUT2D eigenvalue weighted by atomic mass is 10.1. The van der Waals surface area contributed by atoms with E-state index in [0.29, 0.717) is 12.5 Å². The SMILES string of the molecule is COCC(CCCl)NCc1ccc(C)cc1Cl. The second-order valence-electron chi connectivity index (χ2n) is 4.11. The van der Waals surface area contributed by atoms with Crippen LogP contribution in [-0.2, 0) is 11.3 Å². The molecular formula is C13H19Cl2NO. The largest absolute Gasteiger partial charge is 0.383 e. The molecule has 1 N–H and O–H groups in total. The van der Waals surface area contributed by atoms with Crippen LogP contribution in [0.1, 0.15) is 17.5 Å². The molecule has 0 heterocycles. The van der Waals surface area contributed by atoms with E-state index in [9.17, 15) is 0 Å². The van der Waals surface area contributed by atoms with Crippen LogP contribution in [-0.4, -0.2) is 25.6 Å². The highest BCUT2D eigenvalue weighted by Crippen LogP contribution is 2.17. The maximum absolute atomic E-state index is 6.17. The second kappa shape index (κ2) is 7.93. The number of benzene rings is 1. The van der Waals surface area contributed by atoms with Gasteiger partial charge in [0.1, 0.15) is 0 Å². The summed E-state index contributed by atoms with van der Waals surface area (Å²) in [5, 5.41) is 4.21. The molecule has 0 saturated carbocycles. The van der Waals surface area contributed by atoms with Gasteiger partial charge in [-0.05, 0) is 30.5 Å². The Bertz CT molecular complexity index is 338. The first kappa shape index (κ1) is 14.8. The van der Waals surface area contributed by atoms with Gasteiger partial charge in [0.2, 0.25) is 0 Å². The van der Waals surface area contributed by atoms with E-state index in [1.807, 2.05) is 13.0 Å². The normalized spacial score (nSPS) is 12.7. The van der Waals surface area contributed by atoms with Gasteiger partial charge in [0.15, 0.2) is 0 Å². The third kappa shape index (κ3) is 5.26. The molecule has 0 aliphatic heterocycles. The van der Waals surface area contributed by atoms with Crippen LogP contribution in [0.3, 0.4) is 0 Å². The van der Waals surface area contributed by atoms with Crippen molar-refractivity contribution in [2.45, 2.75) is 25.9 Å². The van der Waals surface area contributed by atoms with Crippen molar-refractivity contribution in [3.8, 4) is 0 Å². The molecule has 2 nitrogen and oxygen atoms in total. The summed E-state index contributed by atoms with van der Waals surface area (Å²) in [6.07, 6.45) is 0.888. The quantitative estimate of drug-likeness (QED) is 0.771. The fraction of sp³-hybridized carbons (Fsp3) is 0.538. The molecule has 0 saturated heterocycles. The summed E-state index contributed by atoms with van der Waals surface area (Å²) in [4.78, 5) is 0. The number of hydrogen-bond acceptors (Lipinski definition) is 2. The lowest BCUT2D eigenvalue weighted by Crippen LogP contribution is -2.33. The first-order chi connectivity index (χ1) is 8.17. The molecule has 1 unspecified atom stereocenters. The molecule has 0 spiro atoms. The Morgan fingerprint density at radius 2 is 2.18 bits per heavy atom. The van der Waals surface area contributed by atoms with Crippen molar-refractivity contribution in [2.24, 2.45) is 0 Å². The average Bonchev–Trinajstić information content (AvgIpc) is 2.28. The van der Waals surface area contributed by atoms with Crippen LogP contribution in [0, 0.1) is 6.92 Å². The van der Waals surface area contributed by atoms with Crippen molar-refractivity contribution in [3.05, 3.63) is 34.3 Å². The highest BCUT2D eigenvalue weighted by molar-refractivity contribution is 6.31. The van der Waals surface area contributed by atoms with Crippen LogP contribution in [0.5, 0.6) is 0 Å². The maximum Gasteiger partial charge on any atom is 0.0616 e. The predicted molar refractivity (Wildman–Crippen MR) is 74.0 cm³/mol. The Hall–Kier alpha value is -0.280. The van der Waals surface area contributed by atoms with Gasteiger partial charge in [0.25, 0.3) is 0 Å². The molecule has 0 bridgehead atoms. The van der Waals surface area contributed by atoms with E-state index in [2.05, 4.69) is 17.4 Å². The zero-order valence-electron chi connectivity index (χ0n) is 10.3. The first-order valence-corrected chi connectivity index (χ1v) is 6.62. The Morgan fingerprint density at radius 1 is 1.41 bits per heavy atom. The number of rotatable bonds is 7. The Morgan fingerprint density at radius 3 is 2.76 bits per heavy atom. The number of nitrogens with one attached hydrogen (secondary N) is 1. The van der Waals surface area contributed by atoms with Gasteiger partial charge in [-0.1, -0.05) is 23.7 Å². The van der Waals surface area contributed by atoms with Crippen molar-refractivity contribution >= 4 is 23.2 Å². The second-order valence-corrected chi connectivity index (χ2v) is 4.89. The molecule has 1 aromatic carbocycles. The highest BCUT2D eigenvalue weighted by Gasteiger charge is 2.08. The molecule has 0 aromatic heterocycles. The average molecular weight is 276 g/mol. The minimum absolute atomic E-state index is 0.273. The number of aryl methyl sites for hydroxylation is 1. The van der Waals surface area contributed by atoms with Crippen LogP contribution in [0.4, 0.5) is 0 Å². The summed E-state index contributed by atoms with van der Waals surface area (Å²) in [6.45, 7) is 3.44. The molecule has 96 valence electrons. The number of halogens is 2. The lowest BCUT2D eigenvalue weighted by Gasteiger charge is -2.17. The fourth-order valence-corrected chi connectivity index (χ4v) is 2.19. The molecule has 17 heavy (non-hydrogen) atoms. The summed E-state index contributed by atoms with van der Waals surface area (Å²) in [5.41, 5.74) is 2.28. The van der Waals surface area contributed by atoms with Gasteiger partial charge in [-0.3, -0.25) is 0 Å². The minimum Gasteiger partial charge on any atom is -0.383 e. The molecular weight excluding hydrogens is 257 g/mol. The summed E-state index contributed by atoms with van der Waals surface area (Å²) in [7, 11) is 1.70. The van der Waals surface area contributed by atoms with Crippen molar-refractivity contribution in [2.75, 3.05) is 19.6 Å². The van der Waals surface area contributed by atoms with E-state index in [0.717, 1.165) is 23.6 Å². The van der Waals surface area contributed by atoms with Crippen LogP contribution >= 0.6 is 23.2 Å². The van der Waals surface area contributed by atoms with Gasteiger partial charge in [0.05, 0.1) is 6.61 Å². The van der Waals surface area contributed by atoms with Gasteiger partial charge in [-0.2, -0.15) is 0 Å². The van der Waals surface area contributed by atoms with Crippen molar-refractivity contribution < 1.29 is 4.74 Å². The van der Waals surface area contributed by atoms with Gasteiger partial charge in [0, 0.05) is 30.6 Å². The smallest absolute Gasteiger partial charge is 0.0616 e. The monoisotopic (exact) mass is 275 g/mol. The Labute approximate surface area is 113 Å². The van der Waals surface area contributed by atoms with Gasteiger partial charge in [-0.25, -0.2) is 0 Å². The van der Waals surface area contributed by atoms with Crippen LogP contribution < -0.4 is 5.32 Å². The summed E-state index contributed by atoms with van der Waals surface area (Å²) < 4.78 is 5.14. The Kier molecular flexibility index (Phi) is 6.90. The molecule has 0 fully saturated rings. The van der Waals surface area contributed by atoms with E-state index < -0.39 is 0 Å². The maximum atomic E-state index is 6.17. The minimum atomic E-state index is 0.273. The third-order valence-electron chi connectivity index (χ3n) is 2.62. The summed E-state index contributed by atoms with van der Waals surface area (Å²) in [6, 6.07) is 6.37. The van der Waals surface area contributed by atoms with E-state index in [1.165, 1.54) is 5.56 Å². The molecule has 1 atom stereocenters. The van der Waals surface area contributed by atoms with E-state index >= 15 is 0 Å². The lowest BCUT2D eigenvalue weighted by molar-refractivity contribution is 0.164. The standard InChI is InChI=1S/C13H19Cl2NO/c1-10-3-4-11(13(15)7-10)8-16-12(5-6-14)9-17-2/h3-4,7,12,16H,5-6,8-9H2,1-2H3. The number of alkyl halides is 1. The molecule has 0 radical (unpaired) electrons. The topological polar surface area (TPSA) is 21.3 Å². The molecule has 4 heteroatoms. The van der Waals surface area contributed by atoms with E-state index in [1.54, 1.807) is 7.11 Å². The van der Waals surface area contributed by atoms with Gasteiger partial charge >= 0.3 is 0 Å². The highest BCUT2D eigenvalue weighted by atomic mass is 35.5. The summed E-state index contributed by atoms with van der Waals surface area (Å²) >= 11 is 11.9. The first-order valence-electron chi connectivity index (χ1n) is 5.70. The van der Waals surface area contributed by atoms with Gasteiger partial charge < -0.3 is 10.1 Å². The Balaban J connectivity index is 2.52. The van der Waals surface area contributed by atoms with Crippen LogP contribution in [0.2, 0.25) is 5.02 Å². The zero-order chi connectivity index (χ0) is 12.7. The van der Waals surface area contributed by atoms with Crippen molar-refractivity contribution in [1.82, 2.24) is 5.32 Å². The van der Waals surface area contributed by atoms with E-state index in [4.69, 9.17) is 27.9 Å². The summed E-state index contributed by atoms with van der Waals surface area (Å²) in [5.74, 6) is 0.628. The third-order valence-corrected chi connectivity index (χ3v) is 3.19. The number of hydrogen-bond donors (Lipinski definition) is 1. The van der Waals surface area contributed by atoms with Crippen molar-refractivity contribution in [1.29, 1.82) is 0 Å². The van der Waals surface area contributed by atoms with Gasteiger partial charge in [-0.15, -0.1) is 11.6 Å². The zero-order valence-corrected chi connectivity index (χ0v) is 11.8. The molecule has 0 aliphatic carbocycles. The molecule has 1 rings (SSSR count). The van der Waals surface area contributed by atoms with E-state index in [-0.39, 0.29) is 6.04 Å². The fourth-order valence-electron chi connectivity index (χ4n) is 1.63. The van der Waals surface area contributed by atoms with Crippen LogP contribution in [0.15, 0.2) is 18.2 Å². The molecule has 0 aliphatic rings. The molecule has 0 amide bonds. The number of ether oxygens (including phenoxy) is 1.